The Kier molecular flexibility index (Phi) is 5.89. The molecule has 0 aliphatic carbocycles. The summed E-state index contributed by atoms with van der Waals surface area (Å²) in [4.78, 5) is 30.4. The maximum Gasteiger partial charge on any atom is 0.264 e. The molecular weight excluding hydrogens is 412 g/mol. The number of hydrogen-bond acceptors (Lipinski definition) is 8. The Balaban J connectivity index is 1.52. The average molecular weight is 441 g/mol. The highest BCUT2D eigenvalue weighted by Gasteiger charge is 2.25. The number of para-hydroxylation sites is 1. The molecule has 2 fully saturated rings. The van der Waals surface area contributed by atoms with Gasteiger partial charge in [-0.1, -0.05) is 19.1 Å². The summed E-state index contributed by atoms with van der Waals surface area (Å²) in [6.45, 7) is 7.86. The number of anilines is 2. The molecule has 2 saturated heterocycles. The van der Waals surface area contributed by atoms with Gasteiger partial charge in [0, 0.05) is 25.7 Å². The molecule has 9 heteroatoms. The standard InChI is InChI=1S/C22H28N6O2S/c1-2-27-9-5-6-15(27)14-23-19-18(21-24-16-7-3-4-8-17(16)31-21)20(29)26-22(25-19)28-10-12-30-13-11-28/h3-4,7-8,15H,2,5-6,9-14H2,1H3,(H2,23,25,26,29). The van der Waals surface area contributed by atoms with Gasteiger partial charge in [-0.3, -0.25) is 14.7 Å². The molecule has 5 rings (SSSR count). The molecule has 0 radical (unpaired) electrons. The number of morpholine rings is 1. The molecule has 2 aliphatic heterocycles. The summed E-state index contributed by atoms with van der Waals surface area (Å²) >= 11 is 1.53. The number of nitrogens with one attached hydrogen (secondary N) is 2. The predicted molar refractivity (Wildman–Crippen MR) is 125 cm³/mol. The van der Waals surface area contributed by atoms with E-state index in [-0.39, 0.29) is 5.56 Å². The van der Waals surface area contributed by atoms with E-state index in [0.29, 0.717) is 41.6 Å². The van der Waals surface area contributed by atoms with Crippen LogP contribution in [0.25, 0.3) is 20.8 Å². The molecule has 2 aliphatic rings. The van der Waals surface area contributed by atoms with Crippen molar-refractivity contribution in [2.24, 2.45) is 0 Å². The third-order valence-corrected chi connectivity index (χ3v) is 7.19. The van der Waals surface area contributed by atoms with Gasteiger partial charge < -0.3 is 15.0 Å². The van der Waals surface area contributed by atoms with Crippen molar-refractivity contribution in [1.82, 2.24) is 19.9 Å². The van der Waals surface area contributed by atoms with Gasteiger partial charge in [-0.15, -0.1) is 11.3 Å². The summed E-state index contributed by atoms with van der Waals surface area (Å²) < 4.78 is 6.52. The zero-order chi connectivity index (χ0) is 21.2. The lowest BCUT2D eigenvalue weighted by Gasteiger charge is -2.28. The Morgan fingerprint density at radius 3 is 2.87 bits per heavy atom. The van der Waals surface area contributed by atoms with Crippen LogP contribution in [-0.2, 0) is 4.74 Å². The Morgan fingerprint density at radius 2 is 2.06 bits per heavy atom. The molecular formula is C22H28N6O2S. The van der Waals surface area contributed by atoms with E-state index in [4.69, 9.17) is 14.7 Å². The average Bonchev–Trinajstić information content (AvgIpc) is 3.44. The number of rotatable bonds is 6. The first kappa shape index (κ1) is 20.4. The van der Waals surface area contributed by atoms with Gasteiger partial charge in [0.1, 0.15) is 16.4 Å². The second-order valence-electron chi connectivity index (χ2n) is 8.00. The highest BCUT2D eigenvalue weighted by Crippen LogP contribution is 2.32. The fourth-order valence-corrected chi connectivity index (χ4v) is 5.46. The first-order chi connectivity index (χ1) is 15.2. The van der Waals surface area contributed by atoms with Crippen LogP contribution in [0.2, 0.25) is 0 Å². The van der Waals surface area contributed by atoms with Crippen LogP contribution in [0.1, 0.15) is 19.8 Å². The van der Waals surface area contributed by atoms with Crippen molar-refractivity contribution in [3.63, 3.8) is 0 Å². The number of likely N-dealkylation sites (N-methyl/N-ethyl adjacent to an activating group) is 1. The zero-order valence-electron chi connectivity index (χ0n) is 17.8. The van der Waals surface area contributed by atoms with E-state index in [9.17, 15) is 4.79 Å². The van der Waals surface area contributed by atoms with E-state index in [1.807, 2.05) is 24.3 Å². The number of nitrogens with zero attached hydrogens (tertiary/aromatic N) is 4. The molecule has 4 heterocycles. The molecule has 0 amide bonds. The van der Waals surface area contributed by atoms with Gasteiger partial charge >= 0.3 is 0 Å². The third-order valence-electron chi connectivity index (χ3n) is 6.14. The van der Waals surface area contributed by atoms with Crippen LogP contribution in [0, 0.1) is 0 Å². The van der Waals surface area contributed by atoms with Crippen LogP contribution in [-0.4, -0.2) is 71.8 Å². The van der Waals surface area contributed by atoms with E-state index >= 15 is 0 Å². The van der Waals surface area contributed by atoms with E-state index in [1.165, 1.54) is 17.8 Å². The number of aromatic amines is 1. The van der Waals surface area contributed by atoms with Crippen molar-refractivity contribution >= 4 is 33.3 Å². The van der Waals surface area contributed by atoms with Crippen LogP contribution in [0.3, 0.4) is 0 Å². The number of H-pyrrole nitrogens is 1. The lowest BCUT2D eigenvalue weighted by atomic mass is 10.2. The highest BCUT2D eigenvalue weighted by atomic mass is 32.1. The number of fused-ring (bicyclic) bond motifs is 1. The molecule has 1 aromatic carbocycles. The molecule has 2 aromatic heterocycles. The van der Waals surface area contributed by atoms with Gasteiger partial charge in [-0.05, 0) is 38.1 Å². The summed E-state index contributed by atoms with van der Waals surface area (Å²) in [6, 6.07) is 8.43. The Labute approximate surface area is 185 Å². The minimum Gasteiger partial charge on any atom is -0.378 e. The van der Waals surface area contributed by atoms with Gasteiger partial charge in [0.15, 0.2) is 0 Å². The molecule has 1 atom stereocenters. The maximum absolute atomic E-state index is 13.3. The third kappa shape index (κ3) is 4.17. The lowest BCUT2D eigenvalue weighted by molar-refractivity contribution is 0.122. The molecule has 3 aromatic rings. The second-order valence-corrected chi connectivity index (χ2v) is 9.04. The lowest BCUT2D eigenvalue weighted by Crippen LogP contribution is -2.39. The number of hydrogen-bond donors (Lipinski definition) is 2. The quantitative estimate of drug-likeness (QED) is 0.610. The smallest absolute Gasteiger partial charge is 0.264 e. The fraction of sp³-hybridized carbons (Fsp3) is 0.500. The van der Waals surface area contributed by atoms with Crippen molar-refractivity contribution in [2.75, 3.05) is 56.2 Å². The van der Waals surface area contributed by atoms with Crippen molar-refractivity contribution < 1.29 is 4.74 Å². The van der Waals surface area contributed by atoms with E-state index in [0.717, 1.165) is 49.4 Å². The predicted octanol–water partition coefficient (Wildman–Crippen LogP) is 2.78. The monoisotopic (exact) mass is 440 g/mol. The molecule has 8 nitrogen and oxygen atoms in total. The zero-order valence-corrected chi connectivity index (χ0v) is 18.6. The number of likely N-dealkylation sites (tertiary alicyclic amines) is 1. The summed E-state index contributed by atoms with van der Waals surface area (Å²) in [7, 11) is 0. The second kappa shape index (κ2) is 8.94. The van der Waals surface area contributed by atoms with Crippen molar-refractivity contribution in [2.45, 2.75) is 25.8 Å². The van der Waals surface area contributed by atoms with Gasteiger partial charge in [0.2, 0.25) is 5.95 Å². The number of ether oxygens (including phenoxy) is 1. The SMILES string of the molecule is CCN1CCCC1CNc1nc(N2CCOCC2)[nH]c(=O)c1-c1nc2ccccc2s1. The number of thiazole rings is 1. The van der Waals surface area contributed by atoms with Crippen LogP contribution in [0.15, 0.2) is 29.1 Å². The summed E-state index contributed by atoms with van der Waals surface area (Å²) in [6.07, 6.45) is 2.38. The maximum atomic E-state index is 13.3. The van der Waals surface area contributed by atoms with Gasteiger partial charge in [-0.2, -0.15) is 4.98 Å². The molecule has 0 bridgehead atoms. The highest BCUT2D eigenvalue weighted by molar-refractivity contribution is 7.21. The number of benzene rings is 1. The first-order valence-corrected chi connectivity index (χ1v) is 11.9. The van der Waals surface area contributed by atoms with Gasteiger partial charge in [0.25, 0.3) is 5.56 Å². The summed E-state index contributed by atoms with van der Waals surface area (Å²) in [5.74, 6) is 1.21. The normalized spacial score (nSPS) is 19.9. The molecule has 164 valence electrons. The first-order valence-electron chi connectivity index (χ1n) is 11.0. The molecule has 1 unspecified atom stereocenters. The topological polar surface area (TPSA) is 86.4 Å². The molecule has 0 spiro atoms. The summed E-state index contributed by atoms with van der Waals surface area (Å²) in [5.41, 5.74) is 1.27. The molecule has 2 N–H and O–H groups in total. The van der Waals surface area contributed by atoms with Crippen molar-refractivity contribution in [1.29, 1.82) is 0 Å². The fourth-order valence-electron chi connectivity index (χ4n) is 4.45. The van der Waals surface area contributed by atoms with Crippen molar-refractivity contribution in [3.8, 4) is 10.6 Å². The number of aromatic nitrogens is 3. The van der Waals surface area contributed by atoms with Crippen molar-refractivity contribution in [3.05, 3.63) is 34.6 Å². The Morgan fingerprint density at radius 1 is 1.23 bits per heavy atom. The summed E-state index contributed by atoms with van der Waals surface area (Å²) in [5, 5.41) is 4.22. The van der Waals surface area contributed by atoms with Crippen LogP contribution in [0.4, 0.5) is 11.8 Å². The van der Waals surface area contributed by atoms with E-state index in [2.05, 4.69) is 27.0 Å². The minimum atomic E-state index is -0.156. The minimum absolute atomic E-state index is 0.156. The van der Waals surface area contributed by atoms with Crippen LogP contribution < -0.4 is 15.8 Å². The van der Waals surface area contributed by atoms with Crippen LogP contribution >= 0.6 is 11.3 Å². The largest absolute Gasteiger partial charge is 0.378 e. The van der Waals surface area contributed by atoms with Gasteiger partial charge in [-0.25, -0.2) is 4.98 Å². The molecule has 31 heavy (non-hydrogen) atoms. The Bertz CT molecular complexity index is 1070. The molecule has 0 saturated carbocycles. The van der Waals surface area contributed by atoms with E-state index < -0.39 is 0 Å². The van der Waals surface area contributed by atoms with Crippen LogP contribution in [0.5, 0.6) is 0 Å². The van der Waals surface area contributed by atoms with E-state index in [1.54, 1.807) is 0 Å². The Hall–Kier alpha value is -2.49. The van der Waals surface area contributed by atoms with Gasteiger partial charge in [0.05, 0.1) is 23.4 Å².